The second-order valence-corrected chi connectivity index (χ2v) is 8.03. The van der Waals surface area contributed by atoms with Crippen LogP contribution in [0.15, 0.2) is 54.6 Å². The molecular formula is C25H26N4O3. The van der Waals surface area contributed by atoms with Crippen molar-refractivity contribution in [3.63, 3.8) is 0 Å². The third kappa shape index (κ3) is 5.17. The maximum Gasteiger partial charge on any atom is 0.357 e. The van der Waals surface area contributed by atoms with E-state index >= 15 is 0 Å². The smallest absolute Gasteiger partial charge is 0.357 e. The maximum atomic E-state index is 12.8. The van der Waals surface area contributed by atoms with E-state index in [1.165, 1.54) is 42.3 Å². The lowest BCUT2D eigenvalue weighted by molar-refractivity contribution is -0.136. The number of ether oxygens (including phenoxy) is 1. The molecule has 0 N–H and O–H groups in total. The highest BCUT2D eigenvalue weighted by Gasteiger charge is 2.20. The van der Waals surface area contributed by atoms with Crippen LogP contribution < -0.4 is 0 Å². The molecule has 1 aliphatic rings. The van der Waals surface area contributed by atoms with Gasteiger partial charge in [-0.25, -0.2) is 4.79 Å². The number of carbonyl (C=O) groups is 2. The molecule has 4 rings (SSSR count). The monoisotopic (exact) mass is 430 g/mol. The minimum Gasteiger partial charge on any atom is -0.453 e. The van der Waals surface area contributed by atoms with E-state index < -0.39 is 5.97 Å². The van der Waals surface area contributed by atoms with Crippen LogP contribution in [-0.4, -0.2) is 38.6 Å². The molecule has 164 valence electrons. The Labute approximate surface area is 187 Å². The highest BCUT2D eigenvalue weighted by atomic mass is 16.5. The predicted octanol–water partition coefficient (Wildman–Crippen LogP) is 4.45. The molecule has 0 saturated heterocycles. The van der Waals surface area contributed by atoms with Crippen LogP contribution in [0.2, 0.25) is 0 Å². The molecule has 3 aromatic rings. The number of esters is 1. The molecule has 1 saturated carbocycles. The highest BCUT2D eigenvalue weighted by Crippen LogP contribution is 2.32. The van der Waals surface area contributed by atoms with Crippen LogP contribution >= 0.6 is 0 Å². The first-order valence-electron chi connectivity index (χ1n) is 10.9. The largest absolute Gasteiger partial charge is 0.453 e. The zero-order valence-corrected chi connectivity index (χ0v) is 18.1. The molecular weight excluding hydrogens is 404 g/mol. The summed E-state index contributed by atoms with van der Waals surface area (Å²) < 4.78 is 6.65. The van der Waals surface area contributed by atoms with Crippen LogP contribution in [-0.2, 0) is 9.53 Å². The topological polar surface area (TPSA) is 87.0 Å². The van der Waals surface area contributed by atoms with Crippen molar-refractivity contribution in [3.05, 3.63) is 77.1 Å². The Bertz CT molecular complexity index is 1100. The number of ketones is 1. The zero-order valence-electron chi connectivity index (χ0n) is 18.1. The van der Waals surface area contributed by atoms with Gasteiger partial charge in [-0.2, -0.15) is 4.68 Å². The Morgan fingerprint density at radius 1 is 1.03 bits per heavy atom. The first kappa shape index (κ1) is 21.6. The van der Waals surface area contributed by atoms with Gasteiger partial charge in [-0.15, -0.1) is 5.10 Å². The Morgan fingerprint density at radius 3 is 2.41 bits per heavy atom. The van der Waals surface area contributed by atoms with Gasteiger partial charge in [0.15, 0.2) is 23.9 Å². The number of Topliss-reactive ketones (excluding diaryl/α,β-unsaturated/α-hetero) is 1. The molecule has 32 heavy (non-hydrogen) atoms. The average Bonchev–Trinajstić information content (AvgIpc) is 3.27. The molecule has 0 amide bonds. The number of benzene rings is 2. The minimum atomic E-state index is -0.670. The van der Waals surface area contributed by atoms with Gasteiger partial charge in [-0.05, 0) is 53.3 Å². The molecule has 1 aromatic heterocycles. The van der Waals surface area contributed by atoms with Crippen molar-refractivity contribution < 1.29 is 14.3 Å². The number of rotatable bonds is 7. The summed E-state index contributed by atoms with van der Waals surface area (Å²) in [6, 6.07) is 17.0. The van der Waals surface area contributed by atoms with Crippen LogP contribution in [0.3, 0.4) is 0 Å². The summed E-state index contributed by atoms with van der Waals surface area (Å²) in [6.45, 7) is 1.33. The first-order chi connectivity index (χ1) is 15.6. The first-order valence-corrected chi connectivity index (χ1v) is 10.9. The Kier molecular flexibility index (Phi) is 6.84. The molecule has 1 fully saturated rings. The van der Waals surface area contributed by atoms with E-state index in [-0.39, 0.29) is 18.1 Å². The summed E-state index contributed by atoms with van der Waals surface area (Å²) in [6.07, 6.45) is 7.89. The molecule has 0 bridgehead atoms. The summed E-state index contributed by atoms with van der Waals surface area (Å²) >= 11 is 0. The van der Waals surface area contributed by atoms with E-state index in [1.54, 1.807) is 13.0 Å². The zero-order chi connectivity index (χ0) is 22.3. The summed E-state index contributed by atoms with van der Waals surface area (Å²) in [4.78, 5) is 25.5. The molecule has 2 aromatic carbocycles. The molecule has 0 atom stereocenters. The standard InChI is InChI=1S/C25H26N4O3/c1-18-26-27-28-29(18)23(16-19-8-4-2-5-9-19)25(31)32-17-24(30)22-14-12-21(13-15-22)20-10-6-3-7-11-20/h2,4-5,8-9,12-16,20H,3,6-7,10-11,17H2,1H3/b23-16-. The predicted molar refractivity (Wildman–Crippen MR) is 121 cm³/mol. The van der Waals surface area contributed by atoms with Crippen molar-refractivity contribution in [3.8, 4) is 0 Å². The fourth-order valence-electron chi connectivity index (χ4n) is 4.03. The molecule has 0 unspecified atom stereocenters. The van der Waals surface area contributed by atoms with Crippen LogP contribution in [0.5, 0.6) is 0 Å². The molecule has 1 aliphatic carbocycles. The van der Waals surface area contributed by atoms with Gasteiger partial charge in [0.25, 0.3) is 0 Å². The molecule has 0 aliphatic heterocycles. The van der Waals surface area contributed by atoms with Crippen LogP contribution in [0.1, 0.15) is 65.3 Å². The van der Waals surface area contributed by atoms with Gasteiger partial charge < -0.3 is 4.74 Å². The fourth-order valence-corrected chi connectivity index (χ4v) is 4.03. The second-order valence-electron chi connectivity index (χ2n) is 8.03. The Morgan fingerprint density at radius 2 is 1.75 bits per heavy atom. The molecule has 0 spiro atoms. The lowest BCUT2D eigenvalue weighted by Crippen LogP contribution is -2.19. The number of nitrogens with zero attached hydrogens (tertiary/aromatic N) is 4. The van der Waals surface area contributed by atoms with Gasteiger partial charge in [0.05, 0.1) is 0 Å². The van der Waals surface area contributed by atoms with E-state index in [0.29, 0.717) is 17.3 Å². The average molecular weight is 431 g/mol. The SMILES string of the molecule is Cc1nnnn1/C(=C\c1ccccc1)C(=O)OCC(=O)c1ccc(C2CCCCC2)cc1. The van der Waals surface area contributed by atoms with Gasteiger partial charge in [-0.1, -0.05) is 73.9 Å². The van der Waals surface area contributed by atoms with E-state index in [0.717, 1.165) is 5.56 Å². The van der Waals surface area contributed by atoms with Crippen molar-refractivity contribution in [2.75, 3.05) is 6.61 Å². The van der Waals surface area contributed by atoms with Crippen LogP contribution in [0.4, 0.5) is 0 Å². The van der Waals surface area contributed by atoms with E-state index in [1.807, 2.05) is 54.6 Å². The third-order valence-electron chi connectivity index (χ3n) is 5.81. The number of hydrogen-bond donors (Lipinski definition) is 0. The van der Waals surface area contributed by atoms with Gasteiger partial charge in [-0.3, -0.25) is 4.79 Å². The van der Waals surface area contributed by atoms with E-state index in [2.05, 4.69) is 15.5 Å². The third-order valence-corrected chi connectivity index (χ3v) is 5.81. The van der Waals surface area contributed by atoms with Crippen LogP contribution in [0, 0.1) is 6.92 Å². The fraction of sp³-hybridized carbons (Fsp3) is 0.320. The normalized spacial score (nSPS) is 14.8. The van der Waals surface area contributed by atoms with Gasteiger partial charge in [0, 0.05) is 5.56 Å². The molecule has 7 heteroatoms. The van der Waals surface area contributed by atoms with Gasteiger partial charge >= 0.3 is 5.97 Å². The number of tetrazole rings is 1. The second kappa shape index (κ2) is 10.1. The number of aryl methyl sites for hydroxylation is 1. The molecule has 1 heterocycles. The number of carbonyl (C=O) groups excluding carboxylic acids is 2. The van der Waals surface area contributed by atoms with Crippen molar-refractivity contribution in [2.45, 2.75) is 44.9 Å². The van der Waals surface area contributed by atoms with Crippen LogP contribution in [0.25, 0.3) is 11.8 Å². The van der Waals surface area contributed by atoms with Gasteiger partial charge in [0.1, 0.15) is 0 Å². The quantitative estimate of drug-likeness (QED) is 0.313. The van der Waals surface area contributed by atoms with E-state index in [4.69, 9.17) is 4.74 Å². The van der Waals surface area contributed by atoms with E-state index in [9.17, 15) is 9.59 Å². The van der Waals surface area contributed by atoms with Gasteiger partial charge in [0.2, 0.25) is 0 Å². The molecule has 0 radical (unpaired) electrons. The summed E-state index contributed by atoms with van der Waals surface area (Å²) in [5.41, 5.74) is 2.74. The molecule has 7 nitrogen and oxygen atoms in total. The van der Waals surface area contributed by atoms with Crippen molar-refractivity contribution >= 4 is 23.5 Å². The summed E-state index contributed by atoms with van der Waals surface area (Å²) in [7, 11) is 0. The minimum absolute atomic E-state index is 0.138. The number of hydrogen-bond acceptors (Lipinski definition) is 6. The summed E-state index contributed by atoms with van der Waals surface area (Å²) in [5.74, 6) is 0.0992. The van der Waals surface area contributed by atoms with Crippen molar-refractivity contribution in [1.29, 1.82) is 0 Å². The highest BCUT2D eigenvalue weighted by molar-refractivity contribution is 6.16. The Hall–Kier alpha value is -3.61. The van der Waals surface area contributed by atoms with Crippen molar-refractivity contribution in [1.82, 2.24) is 20.2 Å². The maximum absolute atomic E-state index is 12.8. The van der Waals surface area contributed by atoms with Crippen molar-refractivity contribution in [2.24, 2.45) is 0 Å². The lowest BCUT2D eigenvalue weighted by atomic mass is 9.84. The summed E-state index contributed by atoms with van der Waals surface area (Å²) in [5, 5.41) is 11.3. The lowest BCUT2D eigenvalue weighted by Gasteiger charge is -2.22. The number of aromatic nitrogens is 4. The Balaban J connectivity index is 1.44.